The van der Waals surface area contributed by atoms with Crippen LogP contribution in [0.1, 0.15) is 29.3 Å². The first-order valence-electron chi connectivity index (χ1n) is 7.62. The molecule has 0 aliphatic rings. The summed E-state index contributed by atoms with van der Waals surface area (Å²) in [6.45, 7) is 5.00. The first-order chi connectivity index (χ1) is 12.0. The van der Waals surface area contributed by atoms with Gasteiger partial charge in [-0.2, -0.15) is 0 Å². The molecule has 2 aromatic rings. The summed E-state index contributed by atoms with van der Waals surface area (Å²) < 4.78 is 10.3. The molecule has 0 saturated heterocycles. The van der Waals surface area contributed by atoms with E-state index in [9.17, 15) is 19.8 Å². The standard InChI is InChI=1S/C19H18O6/c1-3-15(20)25-16(4-2)24-14-11-10-13(18(22)19(14)23)17(21)12-8-6-5-7-9-12/h3,5-11,16,22-23H,1,4H2,2H3. The van der Waals surface area contributed by atoms with Crippen molar-refractivity contribution >= 4 is 11.8 Å². The number of hydrogen-bond acceptors (Lipinski definition) is 6. The largest absolute Gasteiger partial charge is 0.504 e. The summed E-state index contributed by atoms with van der Waals surface area (Å²) in [4.78, 5) is 23.6. The van der Waals surface area contributed by atoms with E-state index < -0.39 is 29.5 Å². The van der Waals surface area contributed by atoms with Crippen LogP contribution in [0.3, 0.4) is 0 Å². The highest BCUT2D eigenvalue weighted by Crippen LogP contribution is 2.39. The molecule has 2 aromatic carbocycles. The number of hydrogen-bond donors (Lipinski definition) is 2. The van der Waals surface area contributed by atoms with Crippen LogP contribution in [0.15, 0.2) is 55.1 Å². The van der Waals surface area contributed by atoms with E-state index in [0.717, 1.165) is 6.08 Å². The molecule has 6 heteroatoms. The maximum absolute atomic E-state index is 12.4. The molecule has 0 radical (unpaired) electrons. The number of phenols is 2. The topological polar surface area (TPSA) is 93.1 Å². The van der Waals surface area contributed by atoms with Gasteiger partial charge < -0.3 is 19.7 Å². The van der Waals surface area contributed by atoms with Gasteiger partial charge in [0.25, 0.3) is 0 Å². The number of ether oxygens (including phenoxy) is 2. The zero-order valence-electron chi connectivity index (χ0n) is 13.6. The summed E-state index contributed by atoms with van der Waals surface area (Å²) >= 11 is 0. The summed E-state index contributed by atoms with van der Waals surface area (Å²) in [6.07, 6.45) is 0.335. The lowest BCUT2D eigenvalue weighted by molar-refractivity contribution is -0.157. The second-order valence-corrected chi connectivity index (χ2v) is 5.10. The Morgan fingerprint density at radius 1 is 1.12 bits per heavy atom. The Morgan fingerprint density at radius 2 is 1.80 bits per heavy atom. The molecule has 2 rings (SSSR count). The Hall–Kier alpha value is -3.28. The minimum atomic E-state index is -0.966. The summed E-state index contributed by atoms with van der Waals surface area (Å²) in [7, 11) is 0. The van der Waals surface area contributed by atoms with Gasteiger partial charge in [0.05, 0.1) is 5.56 Å². The van der Waals surface area contributed by atoms with Crippen molar-refractivity contribution in [3.8, 4) is 17.2 Å². The second kappa shape index (κ2) is 8.01. The van der Waals surface area contributed by atoms with Crippen LogP contribution in [-0.4, -0.2) is 28.3 Å². The van der Waals surface area contributed by atoms with Crippen LogP contribution in [0.2, 0.25) is 0 Å². The zero-order valence-corrected chi connectivity index (χ0v) is 13.6. The molecule has 0 spiro atoms. The van der Waals surface area contributed by atoms with E-state index in [1.54, 1.807) is 37.3 Å². The Bertz CT molecular complexity index is 782. The highest BCUT2D eigenvalue weighted by Gasteiger charge is 2.21. The van der Waals surface area contributed by atoms with Gasteiger partial charge in [0.2, 0.25) is 12.0 Å². The van der Waals surface area contributed by atoms with E-state index in [-0.39, 0.29) is 11.3 Å². The van der Waals surface area contributed by atoms with E-state index in [1.807, 2.05) is 0 Å². The number of ketones is 1. The minimum Gasteiger partial charge on any atom is -0.504 e. The quantitative estimate of drug-likeness (QED) is 0.264. The smallest absolute Gasteiger partial charge is 0.333 e. The number of benzene rings is 2. The third kappa shape index (κ3) is 4.17. The molecule has 0 aliphatic carbocycles. The summed E-state index contributed by atoms with van der Waals surface area (Å²) in [5.74, 6) is -2.42. The molecule has 1 unspecified atom stereocenters. The number of esters is 1. The number of rotatable bonds is 7. The lowest BCUT2D eigenvalue weighted by Gasteiger charge is -2.18. The highest BCUT2D eigenvalue weighted by molar-refractivity contribution is 6.11. The van der Waals surface area contributed by atoms with E-state index in [4.69, 9.17) is 9.47 Å². The van der Waals surface area contributed by atoms with Gasteiger partial charge in [-0.25, -0.2) is 4.79 Å². The summed E-state index contributed by atoms with van der Waals surface area (Å²) in [5, 5.41) is 20.3. The minimum absolute atomic E-state index is 0.0628. The molecular formula is C19H18O6. The molecule has 6 nitrogen and oxygen atoms in total. The molecular weight excluding hydrogens is 324 g/mol. The zero-order chi connectivity index (χ0) is 18.4. The van der Waals surface area contributed by atoms with Gasteiger partial charge in [-0.1, -0.05) is 43.8 Å². The molecule has 0 saturated carbocycles. The van der Waals surface area contributed by atoms with Gasteiger partial charge in [0.1, 0.15) is 0 Å². The van der Waals surface area contributed by atoms with Crippen molar-refractivity contribution in [1.29, 1.82) is 0 Å². The van der Waals surface area contributed by atoms with Crippen molar-refractivity contribution < 1.29 is 29.3 Å². The first-order valence-corrected chi connectivity index (χ1v) is 7.62. The van der Waals surface area contributed by atoms with Crippen molar-refractivity contribution in [2.24, 2.45) is 0 Å². The molecule has 0 heterocycles. The molecule has 0 aliphatic heterocycles. The molecule has 25 heavy (non-hydrogen) atoms. The second-order valence-electron chi connectivity index (χ2n) is 5.10. The lowest BCUT2D eigenvalue weighted by Crippen LogP contribution is -2.22. The molecule has 1 atom stereocenters. The van der Waals surface area contributed by atoms with Gasteiger partial charge in [0.15, 0.2) is 17.3 Å². The molecule has 0 bridgehead atoms. The molecule has 0 amide bonds. The van der Waals surface area contributed by atoms with Crippen LogP contribution in [-0.2, 0) is 9.53 Å². The Kier molecular flexibility index (Phi) is 5.79. The maximum Gasteiger partial charge on any atom is 0.333 e. The highest BCUT2D eigenvalue weighted by atomic mass is 16.7. The van der Waals surface area contributed by atoms with E-state index in [1.165, 1.54) is 12.1 Å². The lowest BCUT2D eigenvalue weighted by atomic mass is 10.0. The van der Waals surface area contributed by atoms with Crippen molar-refractivity contribution in [3.63, 3.8) is 0 Å². The normalized spacial score (nSPS) is 11.4. The molecule has 0 aromatic heterocycles. The predicted octanol–water partition coefficient (Wildman–Crippen LogP) is 3.17. The average molecular weight is 342 g/mol. The number of phenolic OH excluding ortho intramolecular Hbond substituents is 2. The third-order valence-electron chi connectivity index (χ3n) is 3.40. The summed E-state index contributed by atoms with van der Waals surface area (Å²) in [5.41, 5.74) is 0.310. The van der Waals surface area contributed by atoms with Gasteiger partial charge in [-0.05, 0) is 12.1 Å². The Labute approximate surface area is 144 Å². The van der Waals surface area contributed by atoms with Crippen LogP contribution in [0.5, 0.6) is 17.2 Å². The van der Waals surface area contributed by atoms with E-state index in [0.29, 0.717) is 12.0 Å². The van der Waals surface area contributed by atoms with Crippen LogP contribution in [0.25, 0.3) is 0 Å². The van der Waals surface area contributed by atoms with Crippen LogP contribution >= 0.6 is 0 Å². The van der Waals surface area contributed by atoms with Gasteiger partial charge >= 0.3 is 5.97 Å². The molecule has 0 fully saturated rings. The Morgan fingerprint density at radius 3 is 2.40 bits per heavy atom. The summed E-state index contributed by atoms with van der Waals surface area (Å²) in [6, 6.07) is 11.0. The third-order valence-corrected chi connectivity index (χ3v) is 3.40. The first kappa shape index (κ1) is 18.1. The fourth-order valence-electron chi connectivity index (χ4n) is 2.09. The van der Waals surface area contributed by atoms with Crippen LogP contribution < -0.4 is 4.74 Å². The van der Waals surface area contributed by atoms with Crippen molar-refractivity contribution in [2.45, 2.75) is 19.6 Å². The van der Waals surface area contributed by atoms with Gasteiger partial charge in [-0.15, -0.1) is 0 Å². The monoisotopic (exact) mass is 342 g/mol. The van der Waals surface area contributed by atoms with Gasteiger partial charge in [-0.3, -0.25) is 4.79 Å². The number of carbonyl (C=O) groups is 2. The van der Waals surface area contributed by atoms with Crippen molar-refractivity contribution in [3.05, 3.63) is 66.2 Å². The molecule has 130 valence electrons. The fourth-order valence-corrected chi connectivity index (χ4v) is 2.09. The average Bonchev–Trinajstić information content (AvgIpc) is 2.64. The maximum atomic E-state index is 12.4. The fraction of sp³-hybridized carbons (Fsp3) is 0.158. The number of aromatic hydroxyl groups is 2. The van der Waals surface area contributed by atoms with Crippen LogP contribution in [0, 0.1) is 0 Å². The van der Waals surface area contributed by atoms with Crippen LogP contribution in [0.4, 0.5) is 0 Å². The van der Waals surface area contributed by atoms with Gasteiger partial charge in [0, 0.05) is 18.1 Å². The number of carbonyl (C=O) groups excluding carboxylic acids is 2. The Balaban J connectivity index is 2.26. The molecule has 2 N–H and O–H groups in total. The van der Waals surface area contributed by atoms with E-state index >= 15 is 0 Å². The van der Waals surface area contributed by atoms with Crippen molar-refractivity contribution in [2.75, 3.05) is 0 Å². The van der Waals surface area contributed by atoms with E-state index in [2.05, 4.69) is 6.58 Å². The predicted molar refractivity (Wildman–Crippen MR) is 90.6 cm³/mol. The SMILES string of the molecule is C=CC(=O)OC(CC)Oc1ccc(C(=O)c2ccccc2)c(O)c1O. The van der Waals surface area contributed by atoms with Crippen molar-refractivity contribution in [1.82, 2.24) is 0 Å².